The summed E-state index contributed by atoms with van der Waals surface area (Å²) in [6, 6.07) is 8.48. The highest BCUT2D eigenvalue weighted by Gasteiger charge is 2.44. The monoisotopic (exact) mass is 465 g/mol. The molecule has 11 nitrogen and oxygen atoms in total. The molecule has 0 bridgehead atoms. The number of benzene rings is 1. The molecule has 0 radical (unpaired) electrons. The Morgan fingerprint density at radius 3 is 2.71 bits per heavy atom. The van der Waals surface area contributed by atoms with Crippen molar-refractivity contribution in [2.24, 2.45) is 0 Å². The van der Waals surface area contributed by atoms with Crippen molar-refractivity contribution in [2.45, 2.75) is 49.6 Å². The number of rotatable bonds is 6. The molecule has 2 aliphatic heterocycles. The number of hydrogen-bond acceptors (Lipinski definition) is 10. The molecular formula is C23H27N7O4. The standard InChI is InChI=1S/C23H27N7O4/c1-29-9-8-12-4-2-3-5-14(12)20(29)27-23-26-19(25-13-6-7-13)16-21(28-23)30(11-24-16)22-18(33)17(32)15(10-31)34-22/h2-5,8-9,11,13,15,17-18,20,22,31-33H,6-7,10H2,1H3,(H2,25,26,27,28). The van der Waals surface area contributed by atoms with Crippen LogP contribution in [0.1, 0.15) is 36.4 Å². The van der Waals surface area contributed by atoms with E-state index in [1.807, 2.05) is 30.3 Å². The van der Waals surface area contributed by atoms with E-state index in [1.165, 1.54) is 6.33 Å². The minimum Gasteiger partial charge on any atom is -0.394 e. The Morgan fingerprint density at radius 1 is 1.12 bits per heavy atom. The molecule has 178 valence electrons. The van der Waals surface area contributed by atoms with E-state index in [2.05, 4.69) is 33.8 Å². The molecule has 11 heteroatoms. The largest absolute Gasteiger partial charge is 0.394 e. The zero-order chi connectivity index (χ0) is 23.4. The summed E-state index contributed by atoms with van der Waals surface area (Å²) in [5.41, 5.74) is 3.22. The van der Waals surface area contributed by atoms with E-state index < -0.39 is 31.1 Å². The van der Waals surface area contributed by atoms with Crippen molar-refractivity contribution >= 4 is 29.0 Å². The molecule has 0 amide bonds. The van der Waals surface area contributed by atoms with Crippen molar-refractivity contribution in [1.82, 2.24) is 24.4 Å². The maximum Gasteiger partial charge on any atom is 0.228 e. The number of fused-ring (bicyclic) bond motifs is 2. The molecule has 2 aromatic heterocycles. The molecule has 5 atom stereocenters. The van der Waals surface area contributed by atoms with Crippen molar-refractivity contribution in [3.8, 4) is 0 Å². The van der Waals surface area contributed by atoms with Gasteiger partial charge in [0.1, 0.15) is 24.5 Å². The van der Waals surface area contributed by atoms with Gasteiger partial charge < -0.3 is 35.6 Å². The normalized spacial score (nSPS) is 28.4. The first-order chi connectivity index (χ1) is 16.5. The van der Waals surface area contributed by atoms with Gasteiger partial charge in [0.25, 0.3) is 0 Å². The highest BCUT2D eigenvalue weighted by Crippen LogP contribution is 2.35. The minimum absolute atomic E-state index is 0.183. The molecule has 6 rings (SSSR count). The fraction of sp³-hybridized carbons (Fsp3) is 0.435. The van der Waals surface area contributed by atoms with E-state index in [0.29, 0.717) is 29.0 Å². The molecule has 1 aromatic carbocycles. The van der Waals surface area contributed by atoms with Crippen LogP contribution < -0.4 is 10.6 Å². The van der Waals surface area contributed by atoms with E-state index in [1.54, 1.807) is 4.57 Å². The Kier molecular flexibility index (Phi) is 5.14. The molecule has 34 heavy (non-hydrogen) atoms. The lowest BCUT2D eigenvalue weighted by molar-refractivity contribution is -0.0511. The van der Waals surface area contributed by atoms with Crippen LogP contribution in [0.3, 0.4) is 0 Å². The third kappa shape index (κ3) is 3.57. The number of ether oxygens (including phenoxy) is 1. The molecule has 2 fully saturated rings. The molecule has 3 aliphatic rings. The first-order valence-electron chi connectivity index (χ1n) is 11.4. The molecule has 0 spiro atoms. The zero-order valence-corrected chi connectivity index (χ0v) is 18.6. The second-order valence-corrected chi connectivity index (χ2v) is 9.02. The van der Waals surface area contributed by atoms with Crippen molar-refractivity contribution in [2.75, 3.05) is 24.3 Å². The summed E-state index contributed by atoms with van der Waals surface area (Å²) in [4.78, 5) is 16.0. The number of imidazole rings is 1. The minimum atomic E-state index is -1.23. The Hall–Kier alpha value is -3.25. The van der Waals surface area contributed by atoms with E-state index in [4.69, 9.17) is 14.7 Å². The third-order valence-corrected chi connectivity index (χ3v) is 6.58. The fourth-order valence-corrected chi connectivity index (χ4v) is 4.52. The average molecular weight is 466 g/mol. The van der Waals surface area contributed by atoms with Gasteiger partial charge in [-0.2, -0.15) is 9.97 Å². The summed E-state index contributed by atoms with van der Waals surface area (Å²) in [7, 11) is 1.98. The summed E-state index contributed by atoms with van der Waals surface area (Å²) in [5.74, 6) is 0.994. The predicted molar refractivity (Wildman–Crippen MR) is 125 cm³/mol. The van der Waals surface area contributed by atoms with Gasteiger partial charge in [0.2, 0.25) is 5.95 Å². The lowest BCUT2D eigenvalue weighted by Gasteiger charge is -2.32. The molecule has 3 aromatic rings. The molecule has 5 N–H and O–H groups in total. The molecule has 1 aliphatic carbocycles. The topological polar surface area (TPSA) is 141 Å². The zero-order valence-electron chi connectivity index (χ0n) is 18.6. The number of aromatic nitrogens is 4. The molecule has 1 saturated carbocycles. The highest BCUT2D eigenvalue weighted by molar-refractivity contribution is 5.84. The van der Waals surface area contributed by atoms with Crippen molar-refractivity contribution in [3.63, 3.8) is 0 Å². The van der Waals surface area contributed by atoms with Crippen molar-refractivity contribution in [1.29, 1.82) is 0 Å². The van der Waals surface area contributed by atoms with Crippen LogP contribution in [-0.2, 0) is 4.74 Å². The van der Waals surface area contributed by atoms with Crippen LogP contribution in [0.25, 0.3) is 17.2 Å². The smallest absolute Gasteiger partial charge is 0.228 e. The third-order valence-electron chi connectivity index (χ3n) is 6.58. The first kappa shape index (κ1) is 21.3. The Morgan fingerprint density at radius 2 is 1.94 bits per heavy atom. The lowest BCUT2D eigenvalue weighted by Crippen LogP contribution is -2.33. The Bertz CT molecular complexity index is 1240. The summed E-state index contributed by atoms with van der Waals surface area (Å²) in [5, 5.41) is 37.2. The predicted octanol–water partition coefficient (Wildman–Crippen LogP) is 1.04. The van der Waals surface area contributed by atoms with Gasteiger partial charge in [-0.25, -0.2) is 4.98 Å². The fourth-order valence-electron chi connectivity index (χ4n) is 4.52. The van der Waals surface area contributed by atoms with Crippen LogP contribution in [0.15, 0.2) is 36.8 Å². The van der Waals surface area contributed by atoms with E-state index in [9.17, 15) is 15.3 Å². The van der Waals surface area contributed by atoms with Gasteiger partial charge in [-0.05, 0) is 24.5 Å². The van der Waals surface area contributed by atoms with Crippen molar-refractivity contribution < 1.29 is 20.1 Å². The lowest BCUT2D eigenvalue weighted by atomic mass is 10.0. The van der Waals surface area contributed by atoms with Gasteiger partial charge in [0.05, 0.1) is 12.9 Å². The van der Waals surface area contributed by atoms with Crippen LogP contribution in [0.5, 0.6) is 0 Å². The number of aliphatic hydroxyl groups excluding tert-OH is 3. The van der Waals surface area contributed by atoms with Gasteiger partial charge in [0.15, 0.2) is 23.2 Å². The van der Waals surface area contributed by atoms with E-state index in [0.717, 1.165) is 24.0 Å². The average Bonchev–Trinajstić information content (AvgIpc) is 3.49. The first-order valence-corrected chi connectivity index (χ1v) is 11.4. The van der Waals surface area contributed by atoms with Crippen LogP contribution in [0.4, 0.5) is 11.8 Å². The maximum atomic E-state index is 10.6. The number of nitrogens with zero attached hydrogens (tertiary/aromatic N) is 5. The number of aliphatic hydroxyl groups is 3. The van der Waals surface area contributed by atoms with Crippen LogP contribution in [0.2, 0.25) is 0 Å². The molecule has 4 heterocycles. The molecule has 5 unspecified atom stereocenters. The Balaban J connectivity index is 1.40. The van der Waals surface area contributed by atoms with Gasteiger partial charge in [-0.3, -0.25) is 4.57 Å². The van der Waals surface area contributed by atoms with Gasteiger partial charge in [0, 0.05) is 24.9 Å². The van der Waals surface area contributed by atoms with Gasteiger partial charge in [-0.15, -0.1) is 0 Å². The SMILES string of the molecule is CN1C=Cc2ccccc2C1Nc1nc(NC2CC2)c2ncn(C3OC(CO)C(O)C3O)c2n1. The Labute approximate surface area is 195 Å². The van der Waals surface area contributed by atoms with Crippen molar-refractivity contribution in [3.05, 3.63) is 47.9 Å². The van der Waals surface area contributed by atoms with E-state index in [-0.39, 0.29) is 6.17 Å². The van der Waals surface area contributed by atoms with Crippen LogP contribution in [-0.4, -0.2) is 77.7 Å². The van der Waals surface area contributed by atoms with Gasteiger partial charge >= 0.3 is 0 Å². The summed E-state index contributed by atoms with van der Waals surface area (Å²) in [6.07, 6.45) is 3.26. The van der Waals surface area contributed by atoms with Gasteiger partial charge in [-0.1, -0.05) is 24.3 Å². The summed E-state index contributed by atoms with van der Waals surface area (Å²) >= 11 is 0. The number of nitrogens with one attached hydrogen (secondary N) is 2. The summed E-state index contributed by atoms with van der Waals surface area (Å²) in [6.45, 7) is -0.404. The number of hydrogen-bond donors (Lipinski definition) is 5. The molecule has 1 saturated heterocycles. The van der Waals surface area contributed by atoms with Crippen LogP contribution >= 0.6 is 0 Å². The highest BCUT2D eigenvalue weighted by atomic mass is 16.6. The van der Waals surface area contributed by atoms with Crippen LogP contribution in [0, 0.1) is 0 Å². The maximum absolute atomic E-state index is 10.6. The quantitative estimate of drug-likeness (QED) is 0.359. The summed E-state index contributed by atoms with van der Waals surface area (Å²) < 4.78 is 7.31. The second-order valence-electron chi connectivity index (χ2n) is 9.02. The van der Waals surface area contributed by atoms with E-state index >= 15 is 0 Å². The molecular weight excluding hydrogens is 438 g/mol. The second kappa shape index (κ2) is 8.20. The number of anilines is 2.